The average molecular weight is 599 g/mol. The molecule has 1 aromatic heterocycles. The first-order valence-electron chi connectivity index (χ1n) is 14.8. The van der Waals surface area contributed by atoms with E-state index in [1.165, 1.54) is 12.3 Å². The molecule has 1 atom stereocenters. The zero-order chi connectivity index (χ0) is 30.8. The van der Waals surface area contributed by atoms with Crippen molar-refractivity contribution in [2.24, 2.45) is 0 Å². The van der Waals surface area contributed by atoms with Gasteiger partial charge in [-0.25, -0.2) is 9.97 Å². The number of alkyl halides is 3. The molecular weight excluding hydrogens is 565 g/mol. The lowest BCUT2D eigenvalue weighted by atomic mass is 9.93. The smallest absolute Gasteiger partial charge is 0.386 e. The van der Waals surface area contributed by atoms with Gasteiger partial charge in [0, 0.05) is 35.6 Å². The molecule has 44 heavy (non-hydrogen) atoms. The van der Waals surface area contributed by atoms with Gasteiger partial charge in [-0.05, 0) is 96.7 Å². The van der Waals surface area contributed by atoms with Gasteiger partial charge >= 0.3 is 6.18 Å². The number of allylic oxidation sites excluding steroid dienone is 1. The van der Waals surface area contributed by atoms with E-state index in [1.54, 1.807) is 24.5 Å². The largest absolute Gasteiger partial charge is 0.416 e. The zero-order valence-corrected chi connectivity index (χ0v) is 24.2. The molecule has 4 aromatic rings. The van der Waals surface area contributed by atoms with Crippen molar-refractivity contribution in [1.29, 1.82) is 5.41 Å². The number of carbonyl (C=O) groups excluding carboxylic acids is 1. The van der Waals surface area contributed by atoms with Crippen molar-refractivity contribution in [2.45, 2.75) is 63.2 Å². The highest BCUT2D eigenvalue weighted by Gasteiger charge is 2.31. The van der Waals surface area contributed by atoms with Crippen LogP contribution in [0.5, 0.6) is 0 Å². The van der Waals surface area contributed by atoms with E-state index in [9.17, 15) is 18.0 Å². The summed E-state index contributed by atoms with van der Waals surface area (Å²) in [6, 6.07) is 16.5. The summed E-state index contributed by atoms with van der Waals surface area (Å²) in [7, 11) is 0. The molecular formula is C34H33F3N6O. The van der Waals surface area contributed by atoms with Crippen LogP contribution in [0.1, 0.15) is 78.0 Å². The Labute approximate surface area is 253 Å². The van der Waals surface area contributed by atoms with Crippen molar-refractivity contribution in [3.8, 4) is 11.1 Å². The Morgan fingerprint density at radius 3 is 2.59 bits per heavy atom. The van der Waals surface area contributed by atoms with Gasteiger partial charge in [0.2, 0.25) is 5.95 Å². The summed E-state index contributed by atoms with van der Waals surface area (Å²) >= 11 is 0. The summed E-state index contributed by atoms with van der Waals surface area (Å²) in [5.74, 6) is 0.467. The van der Waals surface area contributed by atoms with E-state index in [4.69, 9.17) is 5.41 Å². The number of nitrogens with one attached hydrogen (secondary N) is 4. The molecule has 2 aliphatic rings. The zero-order valence-electron chi connectivity index (χ0n) is 24.2. The minimum absolute atomic E-state index is 0.344. The molecule has 4 N–H and O–H groups in total. The Morgan fingerprint density at radius 2 is 1.89 bits per heavy atom. The maximum atomic E-state index is 13.4. The molecule has 10 heteroatoms. The first-order valence-corrected chi connectivity index (χ1v) is 14.8. The highest BCUT2D eigenvalue weighted by Crippen LogP contribution is 2.45. The number of nitrogens with zero attached hydrogens (tertiary/aromatic N) is 2. The van der Waals surface area contributed by atoms with E-state index >= 15 is 0 Å². The van der Waals surface area contributed by atoms with Gasteiger partial charge in [0.05, 0.1) is 22.8 Å². The Bertz CT molecular complexity index is 1740. The molecule has 0 aliphatic heterocycles. The Morgan fingerprint density at radius 1 is 1.07 bits per heavy atom. The van der Waals surface area contributed by atoms with E-state index in [1.807, 2.05) is 37.3 Å². The van der Waals surface area contributed by atoms with Crippen LogP contribution in [0.3, 0.4) is 0 Å². The highest BCUT2D eigenvalue weighted by molar-refractivity contribution is 5.96. The molecule has 1 heterocycles. The predicted octanol–water partition coefficient (Wildman–Crippen LogP) is 7.73. The van der Waals surface area contributed by atoms with E-state index in [0.29, 0.717) is 41.2 Å². The Balaban J connectivity index is 1.25. The Kier molecular flexibility index (Phi) is 8.07. The number of hydrogen-bond donors (Lipinski definition) is 4. The molecule has 1 unspecified atom stereocenters. The topological polar surface area (TPSA) is 103 Å². The second-order valence-electron chi connectivity index (χ2n) is 11.4. The average Bonchev–Trinajstić information content (AvgIpc) is 3.96. The van der Waals surface area contributed by atoms with Crippen molar-refractivity contribution in [1.82, 2.24) is 20.6 Å². The van der Waals surface area contributed by atoms with Crippen LogP contribution in [-0.2, 0) is 6.18 Å². The molecule has 7 nitrogen and oxygen atoms in total. The lowest BCUT2D eigenvalue weighted by Gasteiger charge is -2.20. The third-order valence-corrected chi connectivity index (χ3v) is 8.02. The summed E-state index contributed by atoms with van der Waals surface area (Å²) in [6.07, 6.45) is 5.13. The SMILES string of the molecule is CCC(NC(=O)c1ccc(C2CC2)c(-c2ccc3nc(N/C(C=N)=C/NC4CC4)ncc3c2)c1)c1cccc(C(F)(F)F)c1. The summed E-state index contributed by atoms with van der Waals surface area (Å²) in [5.41, 5.74) is 4.45. The van der Waals surface area contributed by atoms with Crippen LogP contribution in [0.15, 0.2) is 78.8 Å². The number of benzene rings is 3. The number of rotatable bonds is 11. The lowest BCUT2D eigenvalue weighted by molar-refractivity contribution is -0.137. The van der Waals surface area contributed by atoms with E-state index in [0.717, 1.165) is 65.4 Å². The molecule has 0 spiro atoms. The second-order valence-corrected chi connectivity index (χ2v) is 11.4. The quantitative estimate of drug-likeness (QED) is 0.132. The van der Waals surface area contributed by atoms with Gasteiger partial charge in [-0.2, -0.15) is 13.2 Å². The van der Waals surface area contributed by atoms with Gasteiger partial charge in [0.15, 0.2) is 0 Å². The van der Waals surface area contributed by atoms with Crippen molar-refractivity contribution in [2.75, 3.05) is 5.32 Å². The van der Waals surface area contributed by atoms with Gasteiger partial charge in [-0.15, -0.1) is 0 Å². The van der Waals surface area contributed by atoms with E-state index in [2.05, 4.69) is 25.9 Å². The third kappa shape index (κ3) is 6.74. The second kappa shape index (κ2) is 12.1. The van der Waals surface area contributed by atoms with Crippen molar-refractivity contribution < 1.29 is 18.0 Å². The first kappa shape index (κ1) is 29.3. The summed E-state index contributed by atoms with van der Waals surface area (Å²) in [5, 5.41) is 17.8. The first-order chi connectivity index (χ1) is 21.2. The van der Waals surface area contributed by atoms with Crippen LogP contribution in [0.4, 0.5) is 19.1 Å². The lowest BCUT2D eigenvalue weighted by Crippen LogP contribution is -2.28. The molecule has 6 rings (SSSR count). The standard InChI is InChI=1S/C34H33F3N6O/c1-2-30(22-4-3-5-25(15-22)34(35,36)37)42-32(44)23-8-12-28(20-6-7-20)29(16-23)21-9-13-31-24(14-21)18-40-33(43-31)41-27(17-38)19-39-26-10-11-26/h3-5,8-9,12-20,26,30,38-39H,2,6-7,10-11H2,1H3,(H,42,44)(H,40,41,43)/b27-19+,38-17?. The molecule has 2 aliphatic carbocycles. The monoisotopic (exact) mass is 598 g/mol. The van der Waals surface area contributed by atoms with Crippen LogP contribution in [0.2, 0.25) is 0 Å². The van der Waals surface area contributed by atoms with Crippen molar-refractivity contribution in [3.05, 3.63) is 101 Å². The number of anilines is 1. The normalized spacial score (nSPS) is 16.0. The van der Waals surface area contributed by atoms with Gasteiger partial charge in [-0.1, -0.05) is 31.2 Å². The van der Waals surface area contributed by atoms with Crippen LogP contribution < -0.4 is 16.0 Å². The van der Waals surface area contributed by atoms with Crippen LogP contribution in [0, 0.1) is 5.41 Å². The predicted molar refractivity (Wildman–Crippen MR) is 166 cm³/mol. The van der Waals surface area contributed by atoms with Crippen LogP contribution >= 0.6 is 0 Å². The number of aromatic nitrogens is 2. The van der Waals surface area contributed by atoms with Crippen molar-refractivity contribution >= 4 is 29.0 Å². The number of fused-ring (bicyclic) bond motifs is 1. The van der Waals surface area contributed by atoms with Crippen LogP contribution in [-0.4, -0.2) is 28.1 Å². The van der Waals surface area contributed by atoms with E-state index < -0.39 is 17.8 Å². The van der Waals surface area contributed by atoms with Gasteiger partial charge in [0.25, 0.3) is 5.91 Å². The fraction of sp³-hybridized carbons (Fsp3) is 0.294. The summed E-state index contributed by atoms with van der Waals surface area (Å²) < 4.78 is 39.9. The number of carbonyl (C=O) groups is 1. The number of hydrogen-bond acceptors (Lipinski definition) is 6. The maximum Gasteiger partial charge on any atom is 0.416 e. The molecule has 0 radical (unpaired) electrons. The van der Waals surface area contributed by atoms with Gasteiger partial charge in [0.1, 0.15) is 0 Å². The molecule has 0 saturated heterocycles. The molecule has 1 amide bonds. The fourth-order valence-corrected chi connectivity index (χ4v) is 5.25. The Hall–Kier alpha value is -4.73. The summed E-state index contributed by atoms with van der Waals surface area (Å²) in [4.78, 5) is 22.5. The fourth-order valence-electron chi connectivity index (χ4n) is 5.25. The molecule has 2 saturated carbocycles. The minimum atomic E-state index is -4.46. The number of halogens is 3. The molecule has 0 bridgehead atoms. The molecule has 226 valence electrons. The van der Waals surface area contributed by atoms with Gasteiger partial charge < -0.3 is 21.4 Å². The maximum absolute atomic E-state index is 13.4. The minimum Gasteiger partial charge on any atom is -0.386 e. The van der Waals surface area contributed by atoms with Gasteiger partial charge in [-0.3, -0.25) is 4.79 Å². The van der Waals surface area contributed by atoms with Crippen molar-refractivity contribution in [3.63, 3.8) is 0 Å². The van der Waals surface area contributed by atoms with E-state index in [-0.39, 0.29) is 5.91 Å². The molecule has 2 fully saturated rings. The molecule has 3 aromatic carbocycles. The van der Waals surface area contributed by atoms with Crippen LogP contribution in [0.25, 0.3) is 22.0 Å². The number of amides is 1. The highest BCUT2D eigenvalue weighted by atomic mass is 19.4. The summed E-state index contributed by atoms with van der Waals surface area (Å²) in [6.45, 7) is 1.83. The third-order valence-electron chi connectivity index (χ3n) is 8.02.